The number of nitrogens with one attached hydrogen (secondary N) is 2. The number of carbonyl (C=O) groups is 1. The molecule has 0 unspecified atom stereocenters. The first kappa shape index (κ1) is 16.8. The maximum atomic E-state index is 12.4. The van der Waals surface area contributed by atoms with Gasteiger partial charge in [0.15, 0.2) is 6.04 Å². The molecule has 1 aromatic carbocycles. The molecule has 24 heavy (non-hydrogen) atoms. The van der Waals surface area contributed by atoms with E-state index in [0.717, 1.165) is 31.9 Å². The van der Waals surface area contributed by atoms with Crippen LogP contribution in [0, 0.1) is 0 Å². The second kappa shape index (κ2) is 7.68. The second-order valence-electron chi connectivity index (χ2n) is 6.18. The van der Waals surface area contributed by atoms with Gasteiger partial charge in [-0.05, 0) is 42.6 Å². The van der Waals surface area contributed by atoms with Crippen LogP contribution in [-0.2, 0) is 11.3 Å². The number of benzene rings is 1. The maximum Gasteiger partial charge on any atom is 0.278 e. The Kier molecular flexibility index (Phi) is 5.37. The molecule has 1 atom stereocenters. The minimum atomic E-state index is -0.0352. The van der Waals surface area contributed by atoms with E-state index in [9.17, 15) is 9.90 Å². The van der Waals surface area contributed by atoms with E-state index in [1.807, 2.05) is 36.6 Å². The van der Waals surface area contributed by atoms with Gasteiger partial charge in [0, 0.05) is 10.6 Å². The van der Waals surface area contributed by atoms with Crippen molar-refractivity contribution < 1.29 is 14.8 Å². The number of hydrogen-bond donors (Lipinski definition) is 3. The third-order valence-corrected chi connectivity index (χ3v) is 5.52. The summed E-state index contributed by atoms with van der Waals surface area (Å²) in [6.45, 7) is 6.34. The first-order valence-electron chi connectivity index (χ1n) is 8.32. The first-order valence-corrected chi connectivity index (χ1v) is 9.20. The van der Waals surface area contributed by atoms with Crippen LogP contribution in [0.1, 0.15) is 11.8 Å². The summed E-state index contributed by atoms with van der Waals surface area (Å²) in [6, 6.07) is 11.3. The Morgan fingerprint density at radius 3 is 2.62 bits per heavy atom. The summed E-state index contributed by atoms with van der Waals surface area (Å²) >= 11 is 1.67. The van der Waals surface area contributed by atoms with Crippen LogP contribution in [0.5, 0.6) is 5.75 Å². The Hall–Kier alpha value is -2.05. The van der Waals surface area contributed by atoms with Gasteiger partial charge in [0.2, 0.25) is 0 Å². The molecule has 6 heteroatoms. The van der Waals surface area contributed by atoms with Crippen LogP contribution in [0.3, 0.4) is 0 Å². The highest BCUT2D eigenvalue weighted by atomic mass is 32.1. The zero-order valence-corrected chi connectivity index (χ0v) is 14.7. The van der Waals surface area contributed by atoms with Crippen LogP contribution in [-0.4, -0.2) is 43.2 Å². The third kappa shape index (κ3) is 4.07. The number of phenolic OH excluding ortho intramolecular Hbond substituents is 1. The Morgan fingerprint density at radius 2 is 2.00 bits per heavy atom. The Morgan fingerprint density at radius 1 is 1.29 bits per heavy atom. The van der Waals surface area contributed by atoms with Crippen molar-refractivity contribution >= 4 is 22.9 Å². The summed E-state index contributed by atoms with van der Waals surface area (Å²) in [7, 11) is 0. The molecule has 3 rings (SSSR count). The van der Waals surface area contributed by atoms with Gasteiger partial charge in [-0.3, -0.25) is 4.79 Å². The Balaban J connectivity index is 1.48. The lowest BCUT2D eigenvalue weighted by Crippen LogP contribution is -3.19. The third-order valence-electron chi connectivity index (χ3n) is 4.64. The minimum Gasteiger partial charge on any atom is -0.508 e. The number of quaternary nitrogens is 1. The molecule has 0 spiro atoms. The monoisotopic (exact) mass is 346 g/mol. The minimum absolute atomic E-state index is 0.0352. The molecule has 0 radical (unpaired) electrons. The number of nitrogens with zero attached hydrogens (tertiary/aromatic N) is 1. The number of carbonyl (C=O) groups excluding carboxylic acids is 1. The van der Waals surface area contributed by atoms with Crippen LogP contribution < -0.4 is 15.1 Å². The van der Waals surface area contributed by atoms with Crippen LogP contribution in [0.2, 0.25) is 0 Å². The molecule has 0 saturated carbocycles. The van der Waals surface area contributed by atoms with E-state index in [1.165, 1.54) is 9.78 Å². The van der Waals surface area contributed by atoms with Gasteiger partial charge in [-0.25, -0.2) is 0 Å². The van der Waals surface area contributed by atoms with Gasteiger partial charge in [0.05, 0.1) is 32.7 Å². The van der Waals surface area contributed by atoms with E-state index in [-0.39, 0.29) is 11.9 Å². The summed E-state index contributed by atoms with van der Waals surface area (Å²) in [5.41, 5.74) is 1.13. The molecular weight excluding hydrogens is 322 g/mol. The van der Waals surface area contributed by atoms with Crippen LogP contribution in [0.4, 0.5) is 5.69 Å². The largest absolute Gasteiger partial charge is 0.508 e. The van der Waals surface area contributed by atoms with Crippen LogP contribution >= 0.6 is 11.3 Å². The molecule has 1 aromatic heterocycles. The van der Waals surface area contributed by atoms with Crippen molar-refractivity contribution in [2.24, 2.45) is 0 Å². The summed E-state index contributed by atoms with van der Waals surface area (Å²) in [4.78, 5) is 17.2. The van der Waals surface area contributed by atoms with Crippen LogP contribution in [0.25, 0.3) is 0 Å². The smallest absolute Gasteiger partial charge is 0.278 e. The molecule has 1 fully saturated rings. The lowest BCUT2D eigenvalue weighted by Gasteiger charge is -2.36. The highest BCUT2D eigenvalue weighted by molar-refractivity contribution is 7.09. The summed E-state index contributed by atoms with van der Waals surface area (Å²) in [5.74, 6) is 0.413. The molecule has 0 bridgehead atoms. The van der Waals surface area contributed by atoms with E-state index in [1.54, 1.807) is 23.5 Å². The highest BCUT2D eigenvalue weighted by Crippen LogP contribution is 2.18. The fraction of sp³-hybridized carbons (Fsp3) is 0.389. The topological polar surface area (TPSA) is 57.0 Å². The van der Waals surface area contributed by atoms with Gasteiger partial charge in [0.1, 0.15) is 5.75 Å². The summed E-state index contributed by atoms with van der Waals surface area (Å²) in [5, 5.41) is 14.5. The first-order chi connectivity index (χ1) is 11.6. The van der Waals surface area contributed by atoms with Gasteiger partial charge in [-0.1, -0.05) is 6.07 Å². The summed E-state index contributed by atoms with van der Waals surface area (Å²) in [6.07, 6.45) is 0. The van der Waals surface area contributed by atoms with Crippen molar-refractivity contribution in [1.29, 1.82) is 0 Å². The fourth-order valence-electron chi connectivity index (χ4n) is 3.07. The molecule has 2 heterocycles. The van der Waals surface area contributed by atoms with Crippen LogP contribution in [0.15, 0.2) is 41.8 Å². The van der Waals surface area contributed by atoms with E-state index in [0.29, 0.717) is 12.3 Å². The predicted molar refractivity (Wildman–Crippen MR) is 96.6 cm³/mol. The predicted octanol–water partition coefficient (Wildman–Crippen LogP) is 0.863. The number of phenols is 1. The standard InChI is InChI=1S/C18H23N3O2S/c1-14(18(23)19-13-17-3-2-12-24-17)20-8-10-21(11-9-20)15-4-6-16(22)7-5-15/h2-7,12,14,22H,8-11,13H2,1H3,(H,19,23)/p+1/t14-/m0/s1. The number of hydrogen-bond acceptors (Lipinski definition) is 4. The molecule has 0 aliphatic carbocycles. The average molecular weight is 346 g/mol. The van der Waals surface area contributed by atoms with Crippen molar-refractivity contribution in [1.82, 2.24) is 5.32 Å². The van der Waals surface area contributed by atoms with E-state index >= 15 is 0 Å². The number of aromatic hydroxyl groups is 1. The normalized spacial score (nSPS) is 16.8. The second-order valence-corrected chi connectivity index (χ2v) is 7.21. The lowest BCUT2D eigenvalue weighted by atomic mass is 10.2. The molecular formula is C18H24N3O2S+. The number of anilines is 1. The highest BCUT2D eigenvalue weighted by Gasteiger charge is 2.29. The molecule has 1 amide bonds. The van der Waals surface area contributed by atoms with Crippen molar-refractivity contribution in [3.8, 4) is 5.75 Å². The van der Waals surface area contributed by atoms with Gasteiger partial charge < -0.3 is 20.2 Å². The quantitative estimate of drug-likeness (QED) is 0.753. The molecule has 1 aliphatic heterocycles. The van der Waals surface area contributed by atoms with Crippen molar-refractivity contribution in [2.45, 2.75) is 19.5 Å². The van der Waals surface area contributed by atoms with Gasteiger partial charge in [-0.15, -0.1) is 11.3 Å². The number of amides is 1. The molecule has 1 aliphatic rings. The van der Waals surface area contributed by atoms with Crippen molar-refractivity contribution in [2.75, 3.05) is 31.1 Å². The fourth-order valence-corrected chi connectivity index (χ4v) is 3.72. The Labute approximate surface area is 146 Å². The molecule has 5 nitrogen and oxygen atoms in total. The zero-order valence-electron chi connectivity index (χ0n) is 13.9. The molecule has 3 N–H and O–H groups in total. The van der Waals surface area contributed by atoms with E-state index in [4.69, 9.17) is 0 Å². The number of thiophene rings is 1. The molecule has 128 valence electrons. The SMILES string of the molecule is C[C@@H](C(=O)NCc1cccs1)[NH+]1CCN(c2ccc(O)cc2)CC1. The number of piperazine rings is 1. The van der Waals surface area contributed by atoms with E-state index < -0.39 is 0 Å². The lowest BCUT2D eigenvalue weighted by molar-refractivity contribution is -0.914. The molecule has 2 aromatic rings. The van der Waals surface area contributed by atoms with E-state index in [2.05, 4.69) is 10.2 Å². The Bertz CT molecular complexity index is 649. The van der Waals surface area contributed by atoms with Gasteiger partial charge in [0.25, 0.3) is 5.91 Å². The van der Waals surface area contributed by atoms with Crippen molar-refractivity contribution in [3.63, 3.8) is 0 Å². The maximum absolute atomic E-state index is 12.4. The average Bonchev–Trinajstić information content (AvgIpc) is 3.13. The summed E-state index contributed by atoms with van der Waals surface area (Å²) < 4.78 is 0. The zero-order chi connectivity index (χ0) is 16.9. The number of rotatable bonds is 5. The van der Waals surface area contributed by atoms with Gasteiger partial charge in [-0.2, -0.15) is 0 Å². The molecule has 1 saturated heterocycles. The van der Waals surface area contributed by atoms with Crippen molar-refractivity contribution in [3.05, 3.63) is 46.7 Å². The van der Waals surface area contributed by atoms with Gasteiger partial charge >= 0.3 is 0 Å².